The number of nitrogens with zero attached hydrogens (tertiary/aromatic N) is 1. The van der Waals surface area contributed by atoms with Crippen LogP contribution in [0.25, 0.3) is 0 Å². The fourth-order valence-electron chi connectivity index (χ4n) is 2.62. The van der Waals surface area contributed by atoms with E-state index < -0.39 is 15.9 Å². The van der Waals surface area contributed by atoms with Gasteiger partial charge in [0.25, 0.3) is 15.9 Å². The summed E-state index contributed by atoms with van der Waals surface area (Å²) in [4.78, 5) is 16.4. The number of thiazole rings is 1. The molecule has 0 bridgehead atoms. The molecule has 0 atom stereocenters. The SMILES string of the molecule is O=C(Nc1ccc(S(=O)(=O)Nc2nccs2)cc1)c1ccc(COc2ccc(Br)cc2)o1. The predicted molar refractivity (Wildman–Crippen MR) is 124 cm³/mol. The quantitative estimate of drug-likeness (QED) is 0.324. The molecular formula is C21H16BrN3O5S2. The second kappa shape index (κ2) is 9.55. The Morgan fingerprint density at radius 2 is 1.81 bits per heavy atom. The number of hydrogen-bond donors (Lipinski definition) is 2. The number of furan rings is 1. The summed E-state index contributed by atoms with van der Waals surface area (Å²) in [7, 11) is -3.76. The van der Waals surface area contributed by atoms with Gasteiger partial charge >= 0.3 is 0 Å². The fourth-order valence-corrected chi connectivity index (χ4v) is 4.67. The summed E-state index contributed by atoms with van der Waals surface area (Å²) in [5.41, 5.74) is 0.423. The van der Waals surface area contributed by atoms with Crippen molar-refractivity contribution in [3.8, 4) is 5.75 Å². The number of hydrogen-bond acceptors (Lipinski definition) is 7. The molecule has 2 heterocycles. The number of anilines is 2. The molecule has 2 N–H and O–H groups in total. The highest BCUT2D eigenvalue weighted by molar-refractivity contribution is 9.10. The van der Waals surface area contributed by atoms with Crippen LogP contribution in [0.4, 0.5) is 10.8 Å². The van der Waals surface area contributed by atoms with E-state index in [0.717, 1.165) is 4.47 Å². The number of benzene rings is 2. The van der Waals surface area contributed by atoms with Crippen LogP contribution in [0.5, 0.6) is 5.75 Å². The predicted octanol–water partition coefficient (Wildman–Crippen LogP) is 5.13. The van der Waals surface area contributed by atoms with Gasteiger partial charge in [0.05, 0.1) is 4.90 Å². The maximum atomic E-state index is 12.4. The first kappa shape index (κ1) is 22.1. The molecule has 2 aromatic heterocycles. The van der Waals surface area contributed by atoms with E-state index in [1.807, 2.05) is 24.3 Å². The van der Waals surface area contributed by atoms with Gasteiger partial charge in [-0.1, -0.05) is 15.9 Å². The average molecular weight is 534 g/mol. The molecule has 8 nitrogen and oxygen atoms in total. The van der Waals surface area contributed by atoms with E-state index in [-0.39, 0.29) is 22.4 Å². The Labute approximate surface area is 196 Å². The number of ether oxygens (including phenoxy) is 1. The lowest BCUT2D eigenvalue weighted by Gasteiger charge is -2.07. The molecule has 0 unspecified atom stereocenters. The average Bonchev–Trinajstić information content (AvgIpc) is 3.46. The molecule has 4 rings (SSSR count). The third-order valence-corrected chi connectivity index (χ3v) is 6.86. The first-order valence-corrected chi connectivity index (χ1v) is 12.4. The summed E-state index contributed by atoms with van der Waals surface area (Å²) < 4.78 is 39.3. The van der Waals surface area contributed by atoms with E-state index in [9.17, 15) is 13.2 Å². The topological polar surface area (TPSA) is 111 Å². The van der Waals surface area contributed by atoms with Crippen molar-refractivity contribution in [2.45, 2.75) is 11.5 Å². The van der Waals surface area contributed by atoms with Crippen LogP contribution in [-0.2, 0) is 16.6 Å². The Morgan fingerprint density at radius 3 is 2.50 bits per heavy atom. The van der Waals surface area contributed by atoms with Crippen molar-refractivity contribution < 1.29 is 22.4 Å². The lowest BCUT2D eigenvalue weighted by atomic mass is 10.3. The molecule has 1 amide bonds. The second-order valence-electron chi connectivity index (χ2n) is 6.43. The first-order chi connectivity index (χ1) is 15.4. The first-order valence-electron chi connectivity index (χ1n) is 9.20. The van der Waals surface area contributed by atoms with Gasteiger partial charge < -0.3 is 14.5 Å². The molecule has 2 aromatic carbocycles. The van der Waals surface area contributed by atoms with Crippen molar-refractivity contribution in [3.05, 3.63) is 88.2 Å². The number of aromatic nitrogens is 1. The molecule has 0 spiro atoms. The zero-order valence-electron chi connectivity index (χ0n) is 16.3. The fraction of sp³-hybridized carbons (Fsp3) is 0.0476. The van der Waals surface area contributed by atoms with Gasteiger partial charge in [0.1, 0.15) is 18.1 Å². The van der Waals surface area contributed by atoms with Gasteiger partial charge in [0.15, 0.2) is 10.9 Å². The molecule has 0 radical (unpaired) electrons. The van der Waals surface area contributed by atoms with E-state index >= 15 is 0 Å². The number of carbonyl (C=O) groups is 1. The summed E-state index contributed by atoms with van der Waals surface area (Å²) in [6.45, 7) is 0.174. The van der Waals surface area contributed by atoms with Gasteiger partial charge in [-0.05, 0) is 60.7 Å². The normalized spacial score (nSPS) is 11.2. The van der Waals surface area contributed by atoms with Gasteiger partial charge in [-0.3, -0.25) is 9.52 Å². The Hall–Kier alpha value is -3.15. The Balaban J connectivity index is 1.35. The van der Waals surface area contributed by atoms with E-state index in [1.54, 1.807) is 17.5 Å². The van der Waals surface area contributed by atoms with Gasteiger partial charge in [-0.15, -0.1) is 11.3 Å². The number of nitrogens with one attached hydrogen (secondary N) is 2. The summed E-state index contributed by atoms with van der Waals surface area (Å²) in [6, 6.07) is 16.3. The van der Waals surface area contributed by atoms with E-state index in [1.165, 1.54) is 41.8 Å². The van der Waals surface area contributed by atoms with Crippen LogP contribution in [0.3, 0.4) is 0 Å². The molecule has 0 aliphatic heterocycles. The van der Waals surface area contributed by atoms with Crippen LogP contribution in [-0.4, -0.2) is 19.3 Å². The monoisotopic (exact) mass is 533 g/mol. The number of rotatable bonds is 8. The summed E-state index contributed by atoms with van der Waals surface area (Å²) in [5.74, 6) is 0.820. The Kier molecular flexibility index (Phi) is 6.58. The van der Waals surface area contributed by atoms with Crippen molar-refractivity contribution in [2.24, 2.45) is 0 Å². The summed E-state index contributed by atoms with van der Waals surface area (Å²) in [5, 5.41) is 4.62. The van der Waals surface area contributed by atoms with Gasteiger partial charge in [-0.2, -0.15) is 0 Å². The van der Waals surface area contributed by atoms with Crippen molar-refractivity contribution >= 4 is 54.0 Å². The highest BCUT2D eigenvalue weighted by Crippen LogP contribution is 2.21. The van der Waals surface area contributed by atoms with Crippen LogP contribution in [0.1, 0.15) is 16.3 Å². The molecule has 0 fully saturated rings. The molecule has 0 saturated carbocycles. The van der Waals surface area contributed by atoms with E-state index in [4.69, 9.17) is 9.15 Å². The van der Waals surface area contributed by atoms with Gasteiger partial charge in [0.2, 0.25) is 0 Å². The largest absolute Gasteiger partial charge is 0.486 e. The number of sulfonamides is 1. The maximum Gasteiger partial charge on any atom is 0.291 e. The molecule has 4 aromatic rings. The van der Waals surface area contributed by atoms with Crippen LogP contribution in [0.15, 0.2) is 86.0 Å². The molecule has 11 heteroatoms. The van der Waals surface area contributed by atoms with Crippen molar-refractivity contribution in [3.63, 3.8) is 0 Å². The molecular weight excluding hydrogens is 518 g/mol. The number of halogens is 1. The minimum Gasteiger partial charge on any atom is -0.486 e. The zero-order chi connectivity index (χ0) is 22.6. The molecule has 0 aliphatic rings. The van der Waals surface area contributed by atoms with Gasteiger partial charge in [-0.25, -0.2) is 13.4 Å². The minimum absolute atomic E-state index is 0.0519. The highest BCUT2D eigenvalue weighted by Gasteiger charge is 2.16. The van der Waals surface area contributed by atoms with Crippen LogP contribution >= 0.6 is 27.3 Å². The van der Waals surface area contributed by atoms with Crippen molar-refractivity contribution in [1.82, 2.24) is 4.98 Å². The Bertz CT molecular complexity index is 1300. The highest BCUT2D eigenvalue weighted by atomic mass is 79.9. The minimum atomic E-state index is -3.76. The zero-order valence-corrected chi connectivity index (χ0v) is 19.5. The number of amides is 1. The van der Waals surface area contributed by atoms with Crippen LogP contribution < -0.4 is 14.8 Å². The van der Waals surface area contributed by atoms with E-state index in [2.05, 4.69) is 31.0 Å². The Morgan fingerprint density at radius 1 is 1.06 bits per heavy atom. The number of carbonyl (C=O) groups excluding carboxylic acids is 1. The smallest absolute Gasteiger partial charge is 0.291 e. The van der Waals surface area contributed by atoms with Crippen LogP contribution in [0, 0.1) is 0 Å². The molecule has 32 heavy (non-hydrogen) atoms. The lowest BCUT2D eigenvalue weighted by Crippen LogP contribution is -2.13. The standard InChI is InChI=1S/C21H16BrN3O5S2/c22-14-1-5-16(6-2-14)29-13-17-7-10-19(30-17)20(26)24-15-3-8-18(9-4-15)32(27,28)25-21-23-11-12-31-21/h1-12H,13H2,(H,23,25)(H,24,26). The summed E-state index contributed by atoms with van der Waals surface area (Å²) >= 11 is 4.54. The third kappa shape index (κ3) is 5.55. The van der Waals surface area contributed by atoms with Crippen molar-refractivity contribution in [1.29, 1.82) is 0 Å². The summed E-state index contributed by atoms with van der Waals surface area (Å²) in [6.07, 6.45) is 1.51. The second-order valence-corrected chi connectivity index (χ2v) is 9.92. The lowest BCUT2D eigenvalue weighted by molar-refractivity contribution is 0.0992. The van der Waals surface area contributed by atoms with Gasteiger partial charge in [0, 0.05) is 21.7 Å². The van der Waals surface area contributed by atoms with E-state index in [0.29, 0.717) is 17.2 Å². The van der Waals surface area contributed by atoms with Crippen molar-refractivity contribution in [2.75, 3.05) is 10.0 Å². The maximum absolute atomic E-state index is 12.4. The molecule has 0 saturated heterocycles. The molecule has 0 aliphatic carbocycles. The van der Waals surface area contributed by atoms with Crippen LogP contribution in [0.2, 0.25) is 0 Å². The molecule has 164 valence electrons. The third-order valence-electron chi connectivity index (χ3n) is 4.16.